The van der Waals surface area contributed by atoms with Crippen LogP contribution in [0.3, 0.4) is 0 Å². The van der Waals surface area contributed by atoms with E-state index in [0.29, 0.717) is 6.54 Å². The lowest BCUT2D eigenvalue weighted by Crippen LogP contribution is -2.49. The molecule has 2 saturated heterocycles. The molecule has 0 aromatic rings. The van der Waals surface area contributed by atoms with Crippen LogP contribution in [0.4, 0.5) is 0 Å². The maximum absolute atomic E-state index is 12.3. The number of rotatable bonds is 6. The number of ether oxygens (including phenoxy) is 1. The fraction of sp³-hybridized carbons (Fsp3) is 0.846. The Morgan fingerprint density at radius 1 is 1.40 bits per heavy atom. The van der Waals surface area contributed by atoms with E-state index in [2.05, 4.69) is 5.32 Å². The first-order chi connectivity index (χ1) is 9.70. The first-order valence-corrected chi connectivity index (χ1v) is 8.31. The van der Waals surface area contributed by atoms with Gasteiger partial charge in [-0.1, -0.05) is 0 Å². The van der Waals surface area contributed by atoms with Crippen molar-refractivity contribution in [1.29, 1.82) is 0 Å². The summed E-state index contributed by atoms with van der Waals surface area (Å²) in [4.78, 5) is 25.4. The Morgan fingerprint density at radius 3 is 2.85 bits per heavy atom. The zero-order valence-corrected chi connectivity index (χ0v) is 12.5. The third-order valence-electron chi connectivity index (χ3n) is 3.71. The van der Waals surface area contributed by atoms with Gasteiger partial charge in [-0.05, 0) is 25.0 Å². The molecule has 2 rings (SSSR count). The van der Waals surface area contributed by atoms with E-state index in [1.54, 1.807) is 0 Å². The van der Waals surface area contributed by atoms with Gasteiger partial charge in [0.15, 0.2) is 0 Å². The number of nitrogens with one attached hydrogen (secondary N) is 1. The van der Waals surface area contributed by atoms with Crippen molar-refractivity contribution in [1.82, 2.24) is 10.2 Å². The molecule has 2 aliphatic heterocycles. The van der Waals surface area contributed by atoms with E-state index in [-0.39, 0.29) is 37.0 Å². The molecule has 6 nitrogen and oxygen atoms in total. The van der Waals surface area contributed by atoms with Crippen LogP contribution in [0.2, 0.25) is 0 Å². The van der Waals surface area contributed by atoms with Crippen molar-refractivity contribution < 1.29 is 14.3 Å². The molecule has 0 radical (unpaired) electrons. The fourth-order valence-electron chi connectivity index (χ4n) is 2.58. The summed E-state index contributed by atoms with van der Waals surface area (Å²) in [5.74, 6) is 1.74. The van der Waals surface area contributed by atoms with Gasteiger partial charge in [0, 0.05) is 24.9 Å². The molecule has 2 fully saturated rings. The van der Waals surface area contributed by atoms with E-state index >= 15 is 0 Å². The zero-order chi connectivity index (χ0) is 14.4. The summed E-state index contributed by atoms with van der Waals surface area (Å²) in [5, 5.41) is 2.56. The average Bonchev–Trinajstić information content (AvgIpc) is 3.14. The van der Waals surface area contributed by atoms with Gasteiger partial charge in [-0.2, -0.15) is 11.8 Å². The monoisotopic (exact) mass is 301 g/mol. The maximum Gasteiger partial charge on any atom is 0.242 e. The molecule has 0 aromatic carbocycles. The molecule has 2 amide bonds. The summed E-state index contributed by atoms with van der Waals surface area (Å²) in [6, 6.07) is 0.270. The van der Waals surface area contributed by atoms with Crippen molar-refractivity contribution >= 4 is 23.6 Å². The van der Waals surface area contributed by atoms with Gasteiger partial charge >= 0.3 is 0 Å². The highest BCUT2D eigenvalue weighted by molar-refractivity contribution is 7.99. The van der Waals surface area contributed by atoms with Gasteiger partial charge in [0.05, 0.1) is 19.2 Å². The molecule has 0 saturated carbocycles. The average molecular weight is 301 g/mol. The first kappa shape index (κ1) is 15.6. The second-order valence-corrected chi connectivity index (χ2v) is 6.33. The molecule has 0 aliphatic carbocycles. The Labute approximate surface area is 123 Å². The first-order valence-electron chi connectivity index (χ1n) is 7.16. The van der Waals surface area contributed by atoms with Crippen LogP contribution in [0, 0.1) is 0 Å². The van der Waals surface area contributed by atoms with Crippen molar-refractivity contribution in [3.63, 3.8) is 0 Å². The Kier molecular flexibility index (Phi) is 6.12. The van der Waals surface area contributed by atoms with Crippen LogP contribution in [0.1, 0.15) is 19.3 Å². The normalized spacial score (nSPS) is 25.6. The molecule has 2 atom stereocenters. The fourth-order valence-corrected chi connectivity index (χ4v) is 3.80. The second kappa shape index (κ2) is 7.85. The molecule has 0 aromatic heterocycles. The number of nitrogens with zero attached hydrogens (tertiary/aromatic N) is 1. The molecular weight excluding hydrogens is 278 g/mol. The second-order valence-electron chi connectivity index (χ2n) is 5.18. The molecule has 0 bridgehead atoms. The highest BCUT2D eigenvalue weighted by atomic mass is 32.2. The lowest BCUT2D eigenvalue weighted by molar-refractivity contribution is -0.135. The number of hydrogen-bond acceptors (Lipinski definition) is 5. The lowest BCUT2D eigenvalue weighted by atomic mass is 10.1. The van der Waals surface area contributed by atoms with E-state index in [4.69, 9.17) is 10.5 Å². The van der Waals surface area contributed by atoms with Crippen LogP contribution < -0.4 is 11.1 Å². The van der Waals surface area contributed by atoms with E-state index in [1.165, 1.54) is 0 Å². The molecule has 2 heterocycles. The predicted octanol–water partition coefficient (Wildman–Crippen LogP) is -0.426. The number of carbonyl (C=O) groups excluding carboxylic acids is 2. The van der Waals surface area contributed by atoms with Crippen LogP contribution in [0.5, 0.6) is 0 Å². The predicted molar refractivity (Wildman–Crippen MR) is 78.5 cm³/mol. The van der Waals surface area contributed by atoms with Crippen molar-refractivity contribution in [3.05, 3.63) is 0 Å². The smallest absolute Gasteiger partial charge is 0.242 e. The number of amides is 2. The largest absolute Gasteiger partial charge is 0.376 e. The number of carbonyl (C=O) groups is 2. The summed E-state index contributed by atoms with van der Waals surface area (Å²) in [7, 11) is 0. The van der Waals surface area contributed by atoms with Gasteiger partial charge in [-0.15, -0.1) is 0 Å². The molecule has 2 unspecified atom stereocenters. The standard InChI is InChI=1S/C13H23N3O3S/c14-6-12(17)15-7-13(18)16(10-3-5-20-9-10)8-11-2-1-4-19-11/h10-11H,1-9,14H2,(H,15,17). The van der Waals surface area contributed by atoms with Gasteiger partial charge in [-0.3, -0.25) is 9.59 Å². The van der Waals surface area contributed by atoms with Crippen LogP contribution >= 0.6 is 11.8 Å². The minimum atomic E-state index is -0.295. The zero-order valence-electron chi connectivity index (χ0n) is 11.7. The Morgan fingerprint density at radius 2 is 2.25 bits per heavy atom. The van der Waals surface area contributed by atoms with Gasteiger partial charge < -0.3 is 20.7 Å². The molecule has 20 heavy (non-hydrogen) atoms. The number of hydrogen-bond donors (Lipinski definition) is 2. The van der Waals surface area contributed by atoms with Crippen LogP contribution in [0.25, 0.3) is 0 Å². The van der Waals surface area contributed by atoms with Gasteiger partial charge in [-0.25, -0.2) is 0 Å². The minimum absolute atomic E-state index is 0.0317. The van der Waals surface area contributed by atoms with Gasteiger partial charge in [0.2, 0.25) is 11.8 Å². The summed E-state index contributed by atoms with van der Waals surface area (Å²) in [6.45, 7) is 1.38. The van der Waals surface area contributed by atoms with E-state index < -0.39 is 0 Å². The Bertz CT molecular complexity index is 342. The third kappa shape index (κ3) is 4.36. The molecule has 2 aliphatic rings. The maximum atomic E-state index is 12.3. The molecule has 0 spiro atoms. The summed E-state index contributed by atoms with van der Waals surface area (Å²) in [6.07, 6.45) is 3.25. The van der Waals surface area contributed by atoms with Crippen molar-refractivity contribution in [2.24, 2.45) is 5.73 Å². The highest BCUT2D eigenvalue weighted by Gasteiger charge is 2.30. The molecule has 114 valence electrons. The number of thioether (sulfide) groups is 1. The summed E-state index contributed by atoms with van der Waals surface area (Å²) < 4.78 is 5.63. The van der Waals surface area contributed by atoms with Crippen molar-refractivity contribution in [2.75, 3.05) is 37.7 Å². The summed E-state index contributed by atoms with van der Waals surface area (Å²) >= 11 is 1.87. The summed E-state index contributed by atoms with van der Waals surface area (Å²) in [5.41, 5.74) is 5.23. The highest BCUT2D eigenvalue weighted by Crippen LogP contribution is 2.24. The van der Waals surface area contributed by atoms with E-state index in [0.717, 1.165) is 37.4 Å². The Hall–Kier alpha value is -0.790. The van der Waals surface area contributed by atoms with Gasteiger partial charge in [0.25, 0.3) is 0 Å². The SMILES string of the molecule is NCC(=O)NCC(=O)N(CC1CCCO1)C1CCSC1. The van der Waals surface area contributed by atoms with Crippen LogP contribution in [-0.4, -0.2) is 66.6 Å². The minimum Gasteiger partial charge on any atom is -0.376 e. The molecule has 7 heteroatoms. The van der Waals surface area contributed by atoms with Crippen LogP contribution in [0.15, 0.2) is 0 Å². The van der Waals surface area contributed by atoms with E-state index in [1.807, 2.05) is 16.7 Å². The molecular formula is C13H23N3O3S. The van der Waals surface area contributed by atoms with Crippen molar-refractivity contribution in [2.45, 2.75) is 31.4 Å². The molecule has 3 N–H and O–H groups in total. The topological polar surface area (TPSA) is 84.7 Å². The quantitative estimate of drug-likeness (QED) is 0.696. The van der Waals surface area contributed by atoms with Gasteiger partial charge in [0.1, 0.15) is 0 Å². The van der Waals surface area contributed by atoms with Crippen LogP contribution in [-0.2, 0) is 14.3 Å². The number of nitrogens with two attached hydrogens (primary N) is 1. The van der Waals surface area contributed by atoms with E-state index in [9.17, 15) is 9.59 Å². The lowest BCUT2D eigenvalue weighted by Gasteiger charge is -2.30. The van der Waals surface area contributed by atoms with Crippen molar-refractivity contribution in [3.8, 4) is 0 Å². The third-order valence-corrected chi connectivity index (χ3v) is 4.86. The Balaban J connectivity index is 1.89.